The molecule has 1 aromatic carbocycles. The molecular formula is C18H26N2O7S2. The molecule has 2 unspecified atom stereocenters. The predicted molar refractivity (Wildman–Crippen MR) is 109 cm³/mol. The van der Waals surface area contributed by atoms with Gasteiger partial charge in [0.25, 0.3) is 0 Å². The average Bonchev–Trinajstić information content (AvgIpc) is 3.21. The minimum absolute atomic E-state index is 0.0213. The standard InChI is InChI=1S/C18H26N2O7S2/c1-26-15-7-6-12(11-16(15)27-2)29(24,25)20-9-4-5-14(20)17(21)19-13(18(22)23)8-10-28-3/h6-7,11,13-14H,4-5,8-10H2,1-3H3,(H,19,21)(H,22,23). The number of hydrogen-bond acceptors (Lipinski definition) is 7. The van der Waals surface area contributed by atoms with Crippen molar-refractivity contribution in [2.75, 3.05) is 32.8 Å². The van der Waals surface area contributed by atoms with E-state index >= 15 is 0 Å². The SMILES string of the molecule is COc1ccc(S(=O)(=O)N2CCCC2C(=O)NC(CCSC)C(=O)O)cc1OC. The molecule has 0 aliphatic carbocycles. The maximum absolute atomic E-state index is 13.1. The van der Waals surface area contributed by atoms with E-state index in [0.29, 0.717) is 24.3 Å². The minimum Gasteiger partial charge on any atom is -0.493 e. The van der Waals surface area contributed by atoms with Crippen LogP contribution < -0.4 is 14.8 Å². The number of nitrogens with zero attached hydrogens (tertiary/aromatic N) is 1. The molecule has 0 radical (unpaired) electrons. The maximum atomic E-state index is 13.1. The number of hydrogen-bond donors (Lipinski definition) is 2. The molecule has 0 saturated carbocycles. The Morgan fingerprint density at radius 3 is 2.59 bits per heavy atom. The van der Waals surface area contributed by atoms with Crippen LogP contribution in [0.25, 0.3) is 0 Å². The molecule has 29 heavy (non-hydrogen) atoms. The number of benzene rings is 1. The summed E-state index contributed by atoms with van der Waals surface area (Å²) in [5.41, 5.74) is 0. The van der Waals surface area contributed by atoms with Gasteiger partial charge in [0.05, 0.1) is 19.1 Å². The van der Waals surface area contributed by atoms with Crippen LogP contribution in [-0.4, -0.2) is 74.6 Å². The Labute approximate surface area is 174 Å². The molecule has 11 heteroatoms. The summed E-state index contributed by atoms with van der Waals surface area (Å²) in [4.78, 5) is 24.1. The first-order valence-electron chi connectivity index (χ1n) is 9.02. The molecule has 0 bridgehead atoms. The fraction of sp³-hybridized carbons (Fsp3) is 0.556. The number of nitrogens with one attached hydrogen (secondary N) is 1. The van der Waals surface area contributed by atoms with Gasteiger partial charge in [-0.1, -0.05) is 0 Å². The molecule has 0 aromatic heterocycles. The highest BCUT2D eigenvalue weighted by Crippen LogP contribution is 2.33. The lowest BCUT2D eigenvalue weighted by Crippen LogP contribution is -2.50. The topological polar surface area (TPSA) is 122 Å². The summed E-state index contributed by atoms with van der Waals surface area (Å²) in [7, 11) is -1.13. The second-order valence-corrected chi connectivity index (χ2v) is 9.35. The number of thioether (sulfide) groups is 1. The van der Waals surface area contributed by atoms with Crippen molar-refractivity contribution < 1.29 is 32.6 Å². The molecule has 2 N–H and O–H groups in total. The van der Waals surface area contributed by atoms with Gasteiger partial charge in [0.1, 0.15) is 12.1 Å². The van der Waals surface area contributed by atoms with Gasteiger partial charge >= 0.3 is 5.97 Å². The van der Waals surface area contributed by atoms with Gasteiger partial charge in [0, 0.05) is 12.6 Å². The van der Waals surface area contributed by atoms with Crippen LogP contribution in [-0.2, 0) is 19.6 Å². The van der Waals surface area contributed by atoms with Crippen molar-refractivity contribution in [3.63, 3.8) is 0 Å². The molecule has 1 heterocycles. The first-order valence-corrected chi connectivity index (χ1v) is 11.9. The van der Waals surface area contributed by atoms with Crippen LogP contribution in [0.2, 0.25) is 0 Å². The quantitative estimate of drug-likeness (QED) is 0.549. The van der Waals surface area contributed by atoms with Crippen LogP contribution >= 0.6 is 11.8 Å². The molecule has 2 rings (SSSR count). The van der Waals surface area contributed by atoms with Crippen LogP contribution in [0.1, 0.15) is 19.3 Å². The van der Waals surface area contributed by atoms with Crippen molar-refractivity contribution in [1.29, 1.82) is 0 Å². The van der Waals surface area contributed by atoms with Gasteiger partial charge in [0.15, 0.2) is 11.5 Å². The van der Waals surface area contributed by atoms with Gasteiger partial charge in [-0.2, -0.15) is 16.1 Å². The van der Waals surface area contributed by atoms with E-state index in [1.54, 1.807) is 0 Å². The van der Waals surface area contributed by atoms with E-state index in [1.807, 2.05) is 6.26 Å². The molecule has 9 nitrogen and oxygen atoms in total. The van der Waals surface area contributed by atoms with Crippen LogP contribution in [0.5, 0.6) is 11.5 Å². The van der Waals surface area contributed by atoms with Gasteiger partial charge in [-0.15, -0.1) is 0 Å². The van der Waals surface area contributed by atoms with Crippen molar-refractivity contribution in [3.8, 4) is 11.5 Å². The Balaban J connectivity index is 2.24. The number of aliphatic carboxylic acids is 1. The summed E-state index contributed by atoms with van der Waals surface area (Å²) >= 11 is 1.47. The zero-order valence-electron chi connectivity index (χ0n) is 16.6. The highest BCUT2D eigenvalue weighted by atomic mass is 32.2. The molecule has 1 aliphatic rings. The van der Waals surface area contributed by atoms with E-state index in [1.165, 1.54) is 44.2 Å². The molecule has 1 amide bonds. The fourth-order valence-electron chi connectivity index (χ4n) is 3.16. The lowest BCUT2D eigenvalue weighted by molar-refractivity contribution is -0.142. The highest BCUT2D eigenvalue weighted by molar-refractivity contribution is 7.98. The maximum Gasteiger partial charge on any atom is 0.326 e. The lowest BCUT2D eigenvalue weighted by Gasteiger charge is -2.25. The number of sulfonamides is 1. The monoisotopic (exact) mass is 446 g/mol. The van der Waals surface area contributed by atoms with Crippen LogP contribution in [0, 0.1) is 0 Å². The summed E-state index contributed by atoms with van der Waals surface area (Å²) < 4.78 is 37.7. The second kappa shape index (κ2) is 10.2. The van der Waals surface area contributed by atoms with E-state index in [2.05, 4.69) is 5.32 Å². The van der Waals surface area contributed by atoms with Crippen LogP contribution in [0.3, 0.4) is 0 Å². The molecule has 2 atom stereocenters. The third-order valence-electron chi connectivity index (χ3n) is 4.69. The van der Waals surface area contributed by atoms with Crippen LogP contribution in [0.15, 0.2) is 23.1 Å². The molecule has 1 aromatic rings. The van der Waals surface area contributed by atoms with E-state index in [9.17, 15) is 23.1 Å². The Hall–Kier alpha value is -1.98. The molecular weight excluding hydrogens is 420 g/mol. The number of amides is 1. The van der Waals surface area contributed by atoms with Crippen molar-refractivity contribution >= 4 is 33.7 Å². The number of methoxy groups -OCH3 is 2. The average molecular weight is 447 g/mol. The Bertz CT molecular complexity index is 845. The first kappa shape index (κ1) is 23.3. The number of rotatable bonds is 10. The molecule has 1 saturated heterocycles. The van der Waals surface area contributed by atoms with E-state index in [0.717, 1.165) is 4.31 Å². The van der Waals surface area contributed by atoms with E-state index in [4.69, 9.17) is 9.47 Å². The van der Waals surface area contributed by atoms with Crippen molar-refractivity contribution in [1.82, 2.24) is 9.62 Å². The van der Waals surface area contributed by atoms with Crippen molar-refractivity contribution in [2.45, 2.75) is 36.2 Å². The van der Waals surface area contributed by atoms with Gasteiger partial charge in [-0.05, 0) is 43.4 Å². The third-order valence-corrected chi connectivity index (χ3v) is 7.24. The minimum atomic E-state index is -3.98. The summed E-state index contributed by atoms with van der Waals surface area (Å²) in [6.45, 7) is 0.178. The molecule has 0 spiro atoms. The van der Waals surface area contributed by atoms with E-state index in [-0.39, 0.29) is 23.6 Å². The number of carbonyl (C=O) groups is 2. The summed E-state index contributed by atoms with van der Waals surface area (Å²) in [5, 5.41) is 11.8. The van der Waals surface area contributed by atoms with Crippen molar-refractivity contribution in [3.05, 3.63) is 18.2 Å². The van der Waals surface area contributed by atoms with Crippen molar-refractivity contribution in [2.24, 2.45) is 0 Å². The Kier molecular flexibility index (Phi) is 8.17. The van der Waals surface area contributed by atoms with Gasteiger partial charge in [0.2, 0.25) is 15.9 Å². The predicted octanol–water partition coefficient (Wildman–Crippen LogP) is 1.18. The summed E-state index contributed by atoms with van der Waals surface area (Å²) in [6.07, 6.45) is 2.94. The van der Waals surface area contributed by atoms with Crippen LogP contribution in [0.4, 0.5) is 0 Å². The number of carboxylic acids is 1. The second-order valence-electron chi connectivity index (χ2n) is 6.47. The molecule has 162 valence electrons. The smallest absolute Gasteiger partial charge is 0.326 e. The fourth-order valence-corrected chi connectivity index (χ4v) is 5.31. The Morgan fingerprint density at radius 2 is 2.00 bits per heavy atom. The lowest BCUT2D eigenvalue weighted by atomic mass is 10.1. The molecule has 1 fully saturated rings. The number of carbonyl (C=O) groups excluding carboxylic acids is 1. The molecule has 1 aliphatic heterocycles. The number of ether oxygens (including phenoxy) is 2. The van der Waals surface area contributed by atoms with Gasteiger partial charge in [-0.25, -0.2) is 13.2 Å². The third kappa shape index (κ3) is 5.34. The first-order chi connectivity index (χ1) is 13.8. The highest BCUT2D eigenvalue weighted by Gasteiger charge is 2.40. The summed E-state index contributed by atoms with van der Waals surface area (Å²) in [5.74, 6) is -0.521. The van der Waals surface area contributed by atoms with Gasteiger partial charge < -0.3 is 19.9 Å². The summed E-state index contributed by atoms with van der Waals surface area (Å²) in [6, 6.07) is 2.22. The zero-order chi connectivity index (χ0) is 21.6. The largest absolute Gasteiger partial charge is 0.493 e. The normalized spacial score (nSPS) is 18.2. The Morgan fingerprint density at radius 1 is 1.31 bits per heavy atom. The zero-order valence-corrected chi connectivity index (χ0v) is 18.2. The van der Waals surface area contributed by atoms with Gasteiger partial charge in [-0.3, -0.25) is 4.79 Å². The van der Waals surface area contributed by atoms with E-state index < -0.39 is 34.0 Å². The number of carboxylic acid groups (broad SMARTS) is 1.